The van der Waals surface area contributed by atoms with E-state index in [-0.39, 0.29) is 6.42 Å². The minimum atomic E-state index is -0.829. The fourth-order valence-electron chi connectivity index (χ4n) is 3.41. The van der Waals surface area contributed by atoms with E-state index in [1.807, 2.05) is 37.3 Å². The fourth-order valence-corrected chi connectivity index (χ4v) is 4.58. The number of rotatable bonds is 5. The summed E-state index contributed by atoms with van der Waals surface area (Å²) in [5.74, 6) is -0.829. The van der Waals surface area contributed by atoms with Crippen LogP contribution in [0.3, 0.4) is 0 Å². The molecule has 5 heteroatoms. The molecule has 0 saturated heterocycles. The predicted octanol–water partition coefficient (Wildman–Crippen LogP) is 5.23. The Bertz CT molecular complexity index is 1110. The van der Waals surface area contributed by atoms with Crippen LogP contribution in [0.15, 0.2) is 54.6 Å². The Balaban J connectivity index is 1.92. The number of hydrogen-bond donors (Lipinski definition) is 1. The largest absolute Gasteiger partial charge is 0.481 e. The number of thiazole rings is 1. The van der Waals surface area contributed by atoms with Gasteiger partial charge in [-0.2, -0.15) is 0 Å². The van der Waals surface area contributed by atoms with Crippen LogP contribution in [0, 0.1) is 6.92 Å². The van der Waals surface area contributed by atoms with Crippen LogP contribution < -0.4 is 0 Å². The maximum Gasteiger partial charge on any atom is 0.308 e. The Labute approximate surface area is 161 Å². The smallest absolute Gasteiger partial charge is 0.308 e. The number of hydrogen-bond acceptors (Lipinski definition) is 3. The lowest BCUT2D eigenvalue weighted by molar-refractivity contribution is -0.136. The van der Waals surface area contributed by atoms with E-state index in [1.165, 1.54) is 16.9 Å². The van der Waals surface area contributed by atoms with E-state index in [4.69, 9.17) is 4.98 Å². The summed E-state index contributed by atoms with van der Waals surface area (Å²) in [5.41, 5.74) is 6.29. The van der Waals surface area contributed by atoms with Gasteiger partial charge in [-0.25, -0.2) is 4.98 Å². The first kappa shape index (κ1) is 17.5. The molecule has 27 heavy (non-hydrogen) atoms. The summed E-state index contributed by atoms with van der Waals surface area (Å²) in [6.07, 6.45) is 1.01. The molecule has 0 aliphatic rings. The topological polar surface area (TPSA) is 54.6 Å². The summed E-state index contributed by atoms with van der Waals surface area (Å²) in [6, 6.07) is 18.4. The molecule has 4 aromatic rings. The molecule has 2 aromatic heterocycles. The second kappa shape index (κ2) is 7.00. The lowest BCUT2D eigenvalue weighted by Gasteiger charge is -2.07. The third kappa shape index (κ3) is 3.15. The highest BCUT2D eigenvalue weighted by Gasteiger charge is 2.21. The van der Waals surface area contributed by atoms with Crippen molar-refractivity contribution in [1.82, 2.24) is 9.38 Å². The molecule has 4 rings (SSSR count). The van der Waals surface area contributed by atoms with E-state index in [0.29, 0.717) is 0 Å². The highest BCUT2D eigenvalue weighted by molar-refractivity contribution is 7.17. The summed E-state index contributed by atoms with van der Waals surface area (Å²) in [6.45, 7) is 4.19. The van der Waals surface area contributed by atoms with Crippen molar-refractivity contribution in [3.63, 3.8) is 0 Å². The number of aromatic nitrogens is 2. The van der Waals surface area contributed by atoms with E-state index >= 15 is 0 Å². The number of carboxylic acid groups (broad SMARTS) is 1. The molecular weight excluding hydrogens is 356 g/mol. The zero-order valence-electron chi connectivity index (χ0n) is 15.3. The molecule has 2 heterocycles. The maximum absolute atomic E-state index is 11.4. The first-order chi connectivity index (χ1) is 13.1. The number of nitrogens with zero attached hydrogens (tertiary/aromatic N) is 2. The normalized spacial score (nSPS) is 11.2. The molecule has 0 spiro atoms. The van der Waals surface area contributed by atoms with Crippen LogP contribution in [-0.4, -0.2) is 20.5 Å². The van der Waals surface area contributed by atoms with Crippen molar-refractivity contribution in [3.05, 3.63) is 70.7 Å². The standard InChI is InChI=1S/C22H20N2O2S/c1-3-15-9-11-16(12-10-15)20-14(2)24-21(17-7-5-4-6-8-17)18(13-19(25)26)27-22(24)23-20/h4-12H,3,13H2,1-2H3,(H,25,26). The van der Waals surface area contributed by atoms with Gasteiger partial charge in [-0.1, -0.05) is 61.5 Å². The Morgan fingerprint density at radius 3 is 2.41 bits per heavy atom. The first-order valence-corrected chi connectivity index (χ1v) is 9.77. The number of aryl methyl sites for hydroxylation is 2. The van der Waals surface area contributed by atoms with E-state index in [9.17, 15) is 9.90 Å². The number of aliphatic carboxylic acids is 1. The molecule has 0 amide bonds. The highest BCUT2D eigenvalue weighted by atomic mass is 32.1. The van der Waals surface area contributed by atoms with Gasteiger partial charge in [0.15, 0.2) is 4.96 Å². The Morgan fingerprint density at radius 2 is 1.78 bits per heavy atom. The van der Waals surface area contributed by atoms with E-state index < -0.39 is 5.97 Å². The molecule has 0 bridgehead atoms. The summed E-state index contributed by atoms with van der Waals surface area (Å²) in [4.78, 5) is 17.9. The van der Waals surface area contributed by atoms with E-state index in [1.54, 1.807) is 0 Å². The van der Waals surface area contributed by atoms with Gasteiger partial charge < -0.3 is 5.11 Å². The fraction of sp³-hybridized carbons (Fsp3) is 0.182. The van der Waals surface area contributed by atoms with Crippen LogP contribution >= 0.6 is 11.3 Å². The summed E-state index contributed by atoms with van der Waals surface area (Å²) in [5, 5.41) is 9.33. The molecular formula is C22H20N2O2S. The van der Waals surface area contributed by atoms with Gasteiger partial charge in [-0.15, -0.1) is 11.3 Å². The third-order valence-corrected chi connectivity index (χ3v) is 5.81. The SMILES string of the molecule is CCc1ccc(-c2nc3sc(CC(=O)O)c(-c4ccccc4)n3c2C)cc1. The molecule has 0 unspecified atom stereocenters. The minimum absolute atomic E-state index is 0.00176. The number of carbonyl (C=O) groups is 1. The molecule has 0 aliphatic carbocycles. The number of imidazole rings is 1. The Hall–Kier alpha value is -2.92. The quantitative estimate of drug-likeness (QED) is 0.519. The van der Waals surface area contributed by atoms with Crippen LogP contribution in [0.25, 0.3) is 27.5 Å². The predicted molar refractivity (Wildman–Crippen MR) is 109 cm³/mol. The number of fused-ring (bicyclic) bond motifs is 1. The minimum Gasteiger partial charge on any atom is -0.481 e. The molecule has 2 aromatic carbocycles. The van der Waals surface area contributed by atoms with Crippen molar-refractivity contribution in [2.75, 3.05) is 0 Å². The van der Waals surface area contributed by atoms with Gasteiger partial charge in [0.1, 0.15) is 0 Å². The zero-order chi connectivity index (χ0) is 19.0. The number of benzene rings is 2. The van der Waals surface area contributed by atoms with Crippen molar-refractivity contribution in [1.29, 1.82) is 0 Å². The van der Waals surface area contributed by atoms with Crippen LogP contribution in [-0.2, 0) is 17.6 Å². The summed E-state index contributed by atoms with van der Waals surface area (Å²) >= 11 is 1.46. The van der Waals surface area contributed by atoms with Crippen LogP contribution in [0.1, 0.15) is 23.1 Å². The third-order valence-electron chi connectivity index (χ3n) is 4.77. The van der Waals surface area contributed by atoms with Gasteiger partial charge in [0.25, 0.3) is 0 Å². The van der Waals surface area contributed by atoms with Crippen LogP contribution in [0.2, 0.25) is 0 Å². The van der Waals surface area contributed by atoms with Gasteiger partial charge in [0, 0.05) is 16.1 Å². The number of carboxylic acids is 1. The van der Waals surface area contributed by atoms with Crippen molar-refractivity contribution in [2.24, 2.45) is 0 Å². The van der Waals surface area contributed by atoms with Crippen LogP contribution in [0.5, 0.6) is 0 Å². The highest BCUT2D eigenvalue weighted by Crippen LogP contribution is 2.36. The molecule has 0 saturated carbocycles. The lowest BCUT2D eigenvalue weighted by Crippen LogP contribution is -2.01. The second-order valence-corrected chi connectivity index (χ2v) is 7.59. The summed E-state index contributed by atoms with van der Waals surface area (Å²) in [7, 11) is 0. The molecule has 0 radical (unpaired) electrons. The lowest BCUT2D eigenvalue weighted by atomic mass is 10.1. The Morgan fingerprint density at radius 1 is 1.07 bits per heavy atom. The summed E-state index contributed by atoms with van der Waals surface area (Å²) < 4.78 is 2.10. The van der Waals surface area contributed by atoms with Crippen molar-refractivity contribution in [2.45, 2.75) is 26.7 Å². The van der Waals surface area contributed by atoms with Crippen molar-refractivity contribution in [3.8, 4) is 22.5 Å². The average Bonchev–Trinajstić information content (AvgIpc) is 3.18. The monoisotopic (exact) mass is 376 g/mol. The Kier molecular flexibility index (Phi) is 4.54. The maximum atomic E-state index is 11.4. The van der Waals surface area contributed by atoms with Crippen molar-refractivity contribution < 1.29 is 9.90 Å². The molecule has 0 atom stereocenters. The van der Waals surface area contributed by atoms with Gasteiger partial charge in [-0.05, 0) is 24.5 Å². The molecule has 136 valence electrons. The van der Waals surface area contributed by atoms with Crippen LogP contribution in [0.4, 0.5) is 0 Å². The van der Waals surface area contributed by atoms with Gasteiger partial charge in [0.2, 0.25) is 0 Å². The van der Waals surface area contributed by atoms with Gasteiger partial charge in [-0.3, -0.25) is 9.20 Å². The molecule has 1 N–H and O–H groups in total. The molecule has 4 nitrogen and oxygen atoms in total. The first-order valence-electron chi connectivity index (χ1n) is 8.95. The van der Waals surface area contributed by atoms with E-state index in [2.05, 4.69) is 35.6 Å². The average molecular weight is 376 g/mol. The zero-order valence-corrected chi connectivity index (χ0v) is 16.1. The van der Waals surface area contributed by atoms with Gasteiger partial charge in [0.05, 0.1) is 17.8 Å². The van der Waals surface area contributed by atoms with Gasteiger partial charge >= 0.3 is 5.97 Å². The van der Waals surface area contributed by atoms with E-state index in [0.717, 1.165) is 44.5 Å². The second-order valence-electron chi connectivity index (χ2n) is 6.52. The molecule has 0 aliphatic heterocycles. The van der Waals surface area contributed by atoms with Crippen molar-refractivity contribution >= 4 is 22.3 Å². The molecule has 0 fully saturated rings.